The molecule has 4 aromatic rings. The van der Waals surface area contributed by atoms with Crippen molar-refractivity contribution in [3.8, 4) is 5.75 Å². The molecular weight excluding hydrogens is 418 g/mol. The van der Waals surface area contributed by atoms with Crippen molar-refractivity contribution in [2.75, 3.05) is 12.0 Å². The van der Waals surface area contributed by atoms with E-state index in [0.717, 1.165) is 50.9 Å². The zero-order chi connectivity index (χ0) is 21.7. The van der Waals surface area contributed by atoms with E-state index in [1.165, 1.54) is 17.7 Å². The second-order valence-electron chi connectivity index (χ2n) is 7.56. The fourth-order valence-electron chi connectivity index (χ4n) is 3.98. The first-order chi connectivity index (χ1) is 14.9. The molecule has 0 bridgehead atoms. The van der Waals surface area contributed by atoms with Crippen LogP contribution < -0.4 is 21.3 Å². The van der Waals surface area contributed by atoms with Gasteiger partial charge in [0.25, 0.3) is 11.5 Å². The van der Waals surface area contributed by atoms with Crippen molar-refractivity contribution < 1.29 is 13.9 Å². The van der Waals surface area contributed by atoms with Crippen LogP contribution in [0.3, 0.4) is 0 Å². The van der Waals surface area contributed by atoms with Crippen LogP contribution in [0.2, 0.25) is 0 Å². The van der Waals surface area contributed by atoms with Crippen LogP contribution in [0.15, 0.2) is 38.5 Å². The highest BCUT2D eigenvalue weighted by molar-refractivity contribution is 7.18. The van der Waals surface area contributed by atoms with E-state index in [1.54, 1.807) is 12.1 Å². The lowest BCUT2D eigenvalue weighted by Crippen LogP contribution is -2.35. The van der Waals surface area contributed by atoms with Crippen LogP contribution in [0.25, 0.3) is 21.2 Å². The number of aryl methyl sites for hydroxylation is 3. The Morgan fingerprint density at radius 2 is 2.06 bits per heavy atom. The maximum atomic E-state index is 12.7. The lowest BCUT2D eigenvalue weighted by Gasteiger charge is -2.10. The summed E-state index contributed by atoms with van der Waals surface area (Å²) in [6.45, 7) is 3.48. The van der Waals surface area contributed by atoms with Crippen molar-refractivity contribution in [3.05, 3.63) is 66.9 Å². The Balaban J connectivity index is 1.33. The van der Waals surface area contributed by atoms with Crippen LogP contribution in [-0.4, -0.2) is 22.2 Å². The van der Waals surface area contributed by atoms with Crippen LogP contribution in [-0.2, 0) is 17.6 Å². The summed E-state index contributed by atoms with van der Waals surface area (Å²) in [5, 5.41) is 1.40. The molecule has 3 heterocycles. The number of hydrogen-bond donors (Lipinski definition) is 1. The van der Waals surface area contributed by atoms with Gasteiger partial charge in [0.15, 0.2) is 6.61 Å². The molecular formula is C22H19N3O5S. The van der Waals surface area contributed by atoms with Gasteiger partial charge >= 0.3 is 5.63 Å². The normalized spacial score (nSPS) is 13.0. The maximum Gasteiger partial charge on any atom is 0.339 e. The summed E-state index contributed by atoms with van der Waals surface area (Å²) >= 11 is 1.44. The molecule has 0 radical (unpaired) electrons. The molecule has 1 amide bonds. The van der Waals surface area contributed by atoms with E-state index in [1.807, 2.05) is 19.9 Å². The molecule has 0 fully saturated rings. The third-order valence-electron chi connectivity index (χ3n) is 5.65. The van der Waals surface area contributed by atoms with Crippen molar-refractivity contribution in [3.63, 3.8) is 0 Å². The molecule has 0 atom stereocenters. The number of ether oxygens (including phenoxy) is 1. The molecule has 0 saturated carbocycles. The number of aromatic nitrogens is 2. The summed E-state index contributed by atoms with van der Waals surface area (Å²) in [6, 6.07) is 5.20. The summed E-state index contributed by atoms with van der Waals surface area (Å²) in [7, 11) is 0. The number of fused-ring (bicyclic) bond motifs is 4. The third-order valence-corrected chi connectivity index (χ3v) is 6.77. The zero-order valence-electron chi connectivity index (χ0n) is 17.0. The quantitative estimate of drug-likeness (QED) is 0.493. The number of hydrogen-bond acceptors (Lipinski definition) is 7. The summed E-state index contributed by atoms with van der Waals surface area (Å²) in [4.78, 5) is 43.1. The van der Waals surface area contributed by atoms with Crippen molar-refractivity contribution in [2.24, 2.45) is 0 Å². The third kappa shape index (κ3) is 3.31. The summed E-state index contributed by atoms with van der Waals surface area (Å²) in [6.07, 6.45) is 3.85. The van der Waals surface area contributed by atoms with E-state index in [9.17, 15) is 14.4 Å². The molecule has 158 valence electrons. The average molecular weight is 437 g/mol. The molecule has 8 nitrogen and oxygen atoms in total. The van der Waals surface area contributed by atoms with Gasteiger partial charge in [0.05, 0.1) is 5.39 Å². The molecule has 0 saturated heterocycles. The molecule has 1 aromatic carbocycles. The first-order valence-electron chi connectivity index (χ1n) is 9.91. The Morgan fingerprint density at radius 3 is 2.90 bits per heavy atom. The van der Waals surface area contributed by atoms with Crippen LogP contribution in [0, 0.1) is 13.8 Å². The van der Waals surface area contributed by atoms with Gasteiger partial charge in [-0.05, 0) is 56.4 Å². The van der Waals surface area contributed by atoms with Crippen molar-refractivity contribution >= 4 is 38.4 Å². The topological polar surface area (TPSA) is 103 Å². The first kappa shape index (κ1) is 19.5. The fourth-order valence-corrected chi connectivity index (χ4v) is 4.97. The van der Waals surface area contributed by atoms with Crippen LogP contribution in [0.5, 0.6) is 5.75 Å². The number of nitrogens with one attached hydrogen (secondary N) is 1. The predicted molar refractivity (Wildman–Crippen MR) is 118 cm³/mol. The molecule has 9 heteroatoms. The summed E-state index contributed by atoms with van der Waals surface area (Å²) in [5.74, 6) is -0.114. The first-order valence-corrected chi connectivity index (χ1v) is 10.7. The van der Waals surface area contributed by atoms with Crippen LogP contribution >= 0.6 is 11.3 Å². The fraction of sp³-hybridized carbons (Fsp3) is 0.273. The van der Waals surface area contributed by atoms with Crippen molar-refractivity contribution in [2.45, 2.75) is 33.1 Å². The van der Waals surface area contributed by atoms with E-state index in [-0.39, 0.29) is 17.8 Å². The molecule has 1 N–H and O–H groups in total. The molecule has 0 spiro atoms. The lowest BCUT2D eigenvalue weighted by molar-refractivity contribution is -0.119. The van der Waals surface area contributed by atoms with Gasteiger partial charge in [0.2, 0.25) is 0 Å². The van der Waals surface area contributed by atoms with Crippen molar-refractivity contribution in [1.29, 1.82) is 0 Å². The van der Waals surface area contributed by atoms with E-state index >= 15 is 0 Å². The molecule has 0 aliphatic heterocycles. The Hall–Kier alpha value is -3.46. The SMILES string of the molecule is Cc1sc2ncn(NC(=O)COc3ccc4c5c(c(=O)oc4c3)CCC5)c(=O)c2c1C. The maximum absolute atomic E-state index is 12.7. The Morgan fingerprint density at radius 1 is 1.26 bits per heavy atom. The molecule has 1 aliphatic rings. The van der Waals surface area contributed by atoms with Gasteiger partial charge in [-0.2, -0.15) is 0 Å². The lowest BCUT2D eigenvalue weighted by atomic mass is 10.1. The molecule has 31 heavy (non-hydrogen) atoms. The molecule has 0 unspecified atom stereocenters. The minimum Gasteiger partial charge on any atom is -0.484 e. The number of benzene rings is 1. The standard InChI is InChI=1S/C22H19N3O5S/c1-11-12(2)31-20-19(11)21(27)25(10-23-20)24-18(26)9-29-13-6-7-15-14-4-3-5-16(14)22(28)30-17(15)8-13/h6-8,10H,3-5,9H2,1-2H3,(H,24,26). The highest BCUT2D eigenvalue weighted by Gasteiger charge is 2.20. The van der Waals surface area contributed by atoms with Crippen molar-refractivity contribution in [1.82, 2.24) is 9.66 Å². The molecule has 5 rings (SSSR count). The molecule has 1 aliphatic carbocycles. The minimum absolute atomic E-state index is 0.309. The largest absolute Gasteiger partial charge is 0.484 e. The number of thiophene rings is 1. The smallest absolute Gasteiger partial charge is 0.339 e. The van der Waals surface area contributed by atoms with E-state index in [2.05, 4.69) is 10.4 Å². The van der Waals surface area contributed by atoms with Gasteiger partial charge in [0.1, 0.15) is 22.5 Å². The second-order valence-corrected chi connectivity index (χ2v) is 8.77. The van der Waals surface area contributed by atoms with Crippen LogP contribution in [0.4, 0.5) is 0 Å². The number of rotatable bonds is 4. The average Bonchev–Trinajstić information content (AvgIpc) is 3.35. The highest BCUT2D eigenvalue weighted by Crippen LogP contribution is 2.29. The predicted octanol–water partition coefficient (Wildman–Crippen LogP) is 2.82. The summed E-state index contributed by atoms with van der Waals surface area (Å²) in [5.41, 5.74) is 4.96. The number of carbonyl (C=O) groups is 1. The summed E-state index contributed by atoms with van der Waals surface area (Å²) < 4.78 is 12.0. The Labute approximate surface area is 180 Å². The molecule has 3 aromatic heterocycles. The highest BCUT2D eigenvalue weighted by atomic mass is 32.1. The van der Waals surface area contributed by atoms with E-state index in [0.29, 0.717) is 21.5 Å². The van der Waals surface area contributed by atoms with Crippen LogP contribution in [0.1, 0.15) is 28.0 Å². The Bertz CT molecular complexity index is 1480. The van der Waals surface area contributed by atoms with Gasteiger partial charge in [-0.15, -0.1) is 11.3 Å². The van der Waals surface area contributed by atoms with E-state index in [4.69, 9.17) is 9.15 Å². The van der Waals surface area contributed by atoms with Gasteiger partial charge in [-0.1, -0.05) is 0 Å². The van der Waals surface area contributed by atoms with Gasteiger partial charge in [-0.3, -0.25) is 15.0 Å². The van der Waals surface area contributed by atoms with Gasteiger partial charge in [0, 0.05) is 21.9 Å². The number of carbonyl (C=O) groups excluding carboxylic acids is 1. The Kier molecular flexibility index (Phi) is 4.62. The monoisotopic (exact) mass is 437 g/mol. The number of nitrogens with zero attached hydrogens (tertiary/aromatic N) is 2. The zero-order valence-corrected chi connectivity index (χ0v) is 17.8. The van der Waals surface area contributed by atoms with Gasteiger partial charge < -0.3 is 9.15 Å². The van der Waals surface area contributed by atoms with E-state index < -0.39 is 5.91 Å². The van der Waals surface area contributed by atoms with Gasteiger partial charge in [-0.25, -0.2) is 14.5 Å². The number of amides is 1. The minimum atomic E-state index is -0.511. The second kappa shape index (κ2) is 7.35.